The fourth-order valence-corrected chi connectivity index (χ4v) is 3.72. The molecule has 0 spiro atoms. The summed E-state index contributed by atoms with van der Waals surface area (Å²) in [6.45, 7) is 2.02. The van der Waals surface area contributed by atoms with Crippen LogP contribution in [-0.2, 0) is 0 Å². The molecule has 3 aromatic carbocycles. The van der Waals surface area contributed by atoms with Crippen molar-refractivity contribution in [3.63, 3.8) is 0 Å². The van der Waals surface area contributed by atoms with Crippen LogP contribution in [0.2, 0.25) is 0 Å². The van der Waals surface area contributed by atoms with Crippen LogP contribution in [0.3, 0.4) is 0 Å². The Labute approximate surface area is 132 Å². The highest BCUT2D eigenvalue weighted by Crippen LogP contribution is 2.39. The van der Waals surface area contributed by atoms with Gasteiger partial charge in [0, 0.05) is 16.2 Å². The molecule has 0 saturated heterocycles. The number of hydrogen-bond donors (Lipinski definition) is 1. The van der Waals surface area contributed by atoms with Gasteiger partial charge in [0.1, 0.15) is 11.2 Å². The predicted octanol–water partition coefficient (Wildman–Crippen LogP) is 5.17. The van der Waals surface area contributed by atoms with Gasteiger partial charge in [-0.3, -0.25) is 0 Å². The first-order chi connectivity index (χ1) is 11.3. The molecule has 0 aliphatic carbocycles. The molecule has 1 atom stereocenters. The number of para-hydroxylation sites is 2. The molecule has 1 unspecified atom stereocenters. The Morgan fingerprint density at radius 3 is 2.39 bits per heavy atom. The van der Waals surface area contributed by atoms with E-state index in [0.717, 1.165) is 33.0 Å². The van der Waals surface area contributed by atoms with Crippen LogP contribution < -0.4 is 5.73 Å². The third-order valence-corrected chi connectivity index (χ3v) is 4.62. The molecule has 0 radical (unpaired) electrons. The average molecular weight is 300 g/mol. The van der Waals surface area contributed by atoms with Crippen LogP contribution in [-0.4, -0.2) is 4.57 Å². The Morgan fingerprint density at radius 1 is 0.826 bits per heavy atom. The fourth-order valence-electron chi connectivity index (χ4n) is 3.72. The number of rotatable bonds is 1. The number of fused-ring (bicyclic) bond motifs is 7. The van der Waals surface area contributed by atoms with Crippen molar-refractivity contribution in [3.8, 4) is 0 Å². The van der Waals surface area contributed by atoms with Gasteiger partial charge in [-0.25, -0.2) is 0 Å². The third kappa shape index (κ3) is 1.57. The highest BCUT2D eigenvalue weighted by molar-refractivity contribution is 6.23. The van der Waals surface area contributed by atoms with E-state index in [4.69, 9.17) is 10.2 Å². The highest BCUT2D eigenvalue weighted by atomic mass is 16.3. The standard InChI is InChI=1S/C20H16N2O/c1-12(21)22-16-8-4-2-6-13(16)14-10-11-18-19(20(14)22)15-7-3-5-9-17(15)23-18/h2-12H,21H2,1H3. The van der Waals surface area contributed by atoms with Gasteiger partial charge < -0.3 is 14.7 Å². The van der Waals surface area contributed by atoms with E-state index in [1.165, 1.54) is 10.8 Å². The molecule has 0 fully saturated rings. The second-order valence-electron chi connectivity index (χ2n) is 6.06. The van der Waals surface area contributed by atoms with Crippen molar-refractivity contribution in [3.05, 3.63) is 60.7 Å². The van der Waals surface area contributed by atoms with Gasteiger partial charge in [0.25, 0.3) is 0 Å². The van der Waals surface area contributed by atoms with E-state index >= 15 is 0 Å². The van der Waals surface area contributed by atoms with Gasteiger partial charge in [-0.1, -0.05) is 36.4 Å². The quantitative estimate of drug-likeness (QED) is 0.464. The molecule has 2 aromatic heterocycles. The molecule has 0 aliphatic heterocycles. The lowest BCUT2D eigenvalue weighted by Gasteiger charge is -2.12. The first-order valence-electron chi connectivity index (χ1n) is 7.84. The summed E-state index contributed by atoms with van der Waals surface area (Å²) in [6, 6.07) is 20.8. The zero-order valence-electron chi connectivity index (χ0n) is 12.8. The second-order valence-corrected chi connectivity index (χ2v) is 6.06. The summed E-state index contributed by atoms with van der Waals surface area (Å²) < 4.78 is 8.25. The minimum Gasteiger partial charge on any atom is -0.456 e. The van der Waals surface area contributed by atoms with E-state index in [2.05, 4.69) is 53.1 Å². The summed E-state index contributed by atoms with van der Waals surface area (Å²) in [5.74, 6) is 0. The van der Waals surface area contributed by atoms with E-state index in [1.54, 1.807) is 0 Å². The maximum Gasteiger partial charge on any atom is 0.137 e. The highest BCUT2D eigenvalue weighted by Gasteiger charge is 2.18. The normalized spacial score (nSPS) is 13.5. The molecule has 112 valence electrons. The zero-order chi connectivity index (χ0) is 15.6. The largest absolute Gasteiger partial charge is 0.456 e. The van der Waals surface area contributed by atoms with Gasteiger partial charge >= 0.3 is 0 Å². The number of furan rings is 1. The van der Waals surface area contributed by atoms with Crippen LogP contribution in [0.5, 0.6) is 0 Å². The Morgan fingerprint density at radius 2 is 1.57 bits per heavy atom. The second kappa shape index (κ2) is 4.37. The van der Waals surface area contributed by atoms with E-state index in [9.17, 15) is 0 Å². The molecule has 0 bridgehead atoms. The summed E-state index contributed by atoms with van der Waals surface area (Å²) in [4.78, 5) is 0. The van der Waals surface area contributed by atoms with Crippen LogP contribution in [0.15, 0.2) is 65.1 Å². The molecule has 0 amide bonds. The number of aromatic nitrogens is 1. The Kier molecular flexibility index (Phi) is 2.42. The summed E-state index contributed by atoms with van der Waals surface area (Å²) in [5.41, 5.74) is 10.5. The maximum atomic E-state index is 6.33. The topological polar surface area (TPSA) is 44.1 Å². The number of nitrogens with zero attached hydrogens (tertiary/aromatic N) is 1. The molecule has 0 aliphatic rings. The van der Waals surface area contributed by atoms with Crippen molar-refractivity contribution < 1.29 is 4.42 Å². The first-order valence-corrected chi connectivity index (χ1v) is 7.84. The summed E-state index contributed by atoms with van der Waals surface area (Å²) in [6.07, 6.45) is -0.114. The van der Waals surface area contributed by atoms with Gasteiger partial charge in [-0.05, 0) is 31.2 Å². The molecule has 0 saturated carbocycles. The smallest absolute Gasteiger partial charge is 0.137 e. The first kappa shape index (κ1) is 12.7. The molecule has 2 heterocycles. The van der Waals surface area contributed by atoms with Gasteiger partial charge in [0.15, 0.2) is 0 Å². The summed E-state index contributed by atoms with van der Waals surface area (Å²) in [7, 11) is 0. The van der Waals surface area contributed by atoms with E-state index in [0.29, 0.717) is 0 Å². The maximum absolute atomic E-state index is 6.33. The SMILES string of the molecule is CC(N)n1c2ccccc2c2ccc3oc4ccccc4c3c21. The molecule has 2 N–H and O–H groups in total. The third-order valence-electron chi connectivity index (χ3n) is 4.62. The monoisotopic (exact) mass is 300 g/mol. The van der Waals surface area contributed by atoms with Gasteiger partial charge in [0.2, 0.25) is 0 Å². The molecule has 5 aromatic rings. The zero-order valence-corrected chi connectivity index (χ0v) is 12.8. The van der Waals surface area contributed by atoms with Crippen LogP contribution in [0.1, 0.15) is 13.1 Å². The predicted molar refractivity (Wildman–Crippen MR) is 95.6 cm³/mol. The Balaban J connectivity index is 2.16. The van der Waals surface area contributed by atoms with Crippen molar-refractivity contribution >= 4 is 43.7 Å². The number of benzene rings is 3. The fraction of sp³-hybridized carbons (Fsp3) is 0.100. The number of nitrogens with two attached hydrogens (primary N) is 1. The minimum absolute atomic E-state index is 0.114. The lowest BCUT2D eigenvalue weighted by molar-refractivity contribution is 0.611. The molecule has 3 nitrogen and oxygen atoms in total. The van der Waals surface area contributed by atoms with Gasteiger partial charge in [0.05, 0.1) is 22.6 Å². The lowest BCUT2D eigenvalue weighted by atomic mass is 10.1. The van der Waals surface area contributed by atoms with E-state index < -0.39 is 0 Å². The van der Waals surface area contributed by atoms with Crippen LogP contribution in [0, 0.1) is 0 Å². The van der Waals surface area contributed by atoms with E-state index in [1.807, 2.05) is 19.1 Å². The van der Waals surface area contributed by atoms with Crippen molar-refractivity contribution in [2.75, 3.05) is 0 Å². The Bertz CT molecular complexity index is 1190. The molecular formula is C20H16N2O. The van der Waals surface area contributed by atoms with Crippen LogP contribution in [0.4, 0.5) is 0 Å². The number of hydrogen-bond acceptors (Lipinski definition) is 2. The average Bonchev–Trinajstić information content (AvgIpc) is 3.10. The van der Waals surface area contributed by atoms with Crippen LogP contribution in [0.25, 0.3) is 43.7 Å². The van der Waals surface area contributed by atoms with Crippen molar-refractivity contribution in [1.82, 2.24) is 4.57 Å². The lowest BCUT2D eigenvalue weighted by Crippen LogP contribution is -2.14. The summed E-state index contributed by atoms with van der Waals surface area (Å²) in [5, 5.41) is 4.73. The van der Waals surface area contributed by atoms with Crippen LogP contribution >= 0.6 is 0 Å². The molecule has 5 rings (SSSR count). The molecule has 3 heteroatoms. The minimum atomic E-state index is -0.114. The molecular weight excluding hydrogens is 284 g/mol. The van der Waals surface area contributed by atoms with Crippen molar-refractivity contribution in [2.24, 2.45) is 5.73 Å². The van der Waals surface area contributed by atoms with Gasteiger partial charge in [-0.2, -0.15) is 0 Å². The van der Waals surface area contributed by atoms with Crippen molar-refractivity contribution in [2.45, 2.75) is 13.1 Å². The van der Waals surface area contributed by atoms with Crippen molar-refractivity contribution in [1.29, 1.82) is 0 Å². The van der Waals surface area contributed by atoms with E-state index in [-0.39, 0.29) is 6.17 Å². The molecule has 23 heavy (non-hydrogen) atoms. The summed E-state index contributed by atoms with van der Waals surface area (Å²) >= 11 is 0. The Hall–Kier alpha value is -2.78. The van der Waals surface area contributed by atoms with Gasteiger partial charge in [-0.15, -0.1) is 0 Å².